The van der Waals surface area contributed by atoms with Crippen molar-refractivity contribution >= 4 is 22.4 Å². The molecule has 0 atom stereocenters. The molecule has 33 heavy (non-hydrogen) atoms. The van der Waals surface area contributed by atoms with Crippen molar-refractivity contribution < 1.29 is 9.47 Å². The molecule has 0 N–H and O–H groups in total. The van der Waals surface area contributed by atoms with Crippen LogP contribution in [0.25, 0.3) is 22.4 Å². The Morgan fingerprint density at radius 2 is 1.79 bits per heavy atom. The van der Waals surface area contributed by atoms with Crippen molar-refractivity contribution in [2.24, 2.45) is 0 Å². The van der Waals surface area contributed by atoms with Crippen molar-refractivity contribution in [3.63, 3.8) is 0 Å². The minimum atomic E-state index is -0.177. The Kier molecular flexibility index (Phi) is 6.51. The van der Waals surface area contributed by atoms with Crippen molar-refractivity contribution in [3.05, 3.63) is 68.5 Å². The fraction of sp³-hybridized carbons (Fsp3) is 0.346. The zero-order valence-corrected chi connectivity index (χ0v) is 20.5. The molecule has 2 aromatic carbocycles. The van der Waals surface area contributed by atoms with Gasteiger partial charge in [-0.3, -0.25) is 4.79 Å². The van der Waals surface area contributed by atoms with E-state index in [2.05, 4.69) is 49.9 Å². The van der Waals surface area contributed by atoms with Crippen LogP contribution in [0.2, 0.25) is 0 Å². The molecule has 0 amide bonds. The lowest BCUT2D eigenvalue weighted by molar-refractivity contribution is 0.277. The molecule has 0 aliphatic heterocycles. The maximum atomic E-state index is 13.0. The number of hydrogen-bond acceptors (Lipinski definition) is 6. The zero-order chi connectivity index (χ0) is 23.6. The van der Waals surface area contributed by atoms with Crippen LogP contribution in [-0.4, -0.2) is 27.8 Å². The molecule has 2 heterocycles. The van der Waals surface area contributed by atoms with Crippen LogP contribution in [0.4, 0.5) is 0 Å². The van der Waals surface area contributed by atoms with Gasteiger partial charge in [-0.05, 0) is 48.1 Å². The smallest absolute Gasteiger partial charge is 0.291 e. The molecular formula is C26H29N3O3S. The van der Waals surface area contributed by atoms with Gasteiger partial charge in [0.15, 0.2) is 17.3 Å². The average Bonchev–Trinajstić information content (AvgIpc) is 3.32. The van der Waals surface area contributed by atoms with E-state index in [1.165, 1.54) is 21.4 Å². The lowest BCUT2D eigenvalue weighted by Crippen LogP contribution is -2.23. The van der Waals surface area contributed by atoms with Crippen molar-refractivity contribution in [1.82, 2.24) is 14.6 Å². The first-order chi connectivity index (χ1) is 15.8. The van der Waals surface area contributed by atoms with E-state index in [1.807, 2.05) is 43.3 Å². The highest BCUT2D eigenvalue weighted by Gasteiger charge is 2.16. The summed E-state index contributed by atoms with van der Waals surface area (Å²) < 4.78 is 13.4. The van der Waals surface area contributed by atoms with Crippen LogP contribution in [0, 0.1) is 0 Å². The first kappa shape index (κ1) is 23.0. The van der Waals surface area contributed by atoms with E-state index < -0.39 is 0 Å². The minimum Gasteiger partial charge on any atom is -0.490 e. The van der Waals surface area contributed by atoms with Crippen LogP contribution < -0.4 is 19.6 Å². The molecule has 172 valence electrons. The van der Waals surface area contributed by atoms with Gasteiger partial charge < -0.3 is 9.47 Å². The molecule has 0 saturated heterocycles. The van der Waals surface area contributed by atoms with Crippen LogP contribution in [-0.2, 0) is 5.41 Å². The molecule has 7 heteroatoms. The first-order valence-electron chi connectivity index (χ1n) is 11.2. The van der Waals surface area contributed by atoms with Gasteiger partial charge in [0.1, 0.15) is 0 Å². The fourth-order valence-electron chi connectivity index (χ4n) is 3.44. The largest absolute Gasteiger partial charge is 0.490 e. The number of aromatic nitrogens is 3. The Morgan fingerprint density at radius 3 is 2.42 bits per heavy atom. The van der Waals surface area contributed by atoms with E-state index in [0.29, 0.717) is 40.0 Å². The number of fused-ring (bicyclic) bond motifs is 1. The topological polar surface area (TPSA) is 65.7 Å². The molecule has 0 radical (unpaired) electrons. The molecule has 4 rings (SSSR count). The number of ether oxygens (including phenoxy) is 2. The summed E-state index contributed by atoms with van der Waals surface area (Å²) in [5.41, 5.74) is 2.90. The highest BCUT2D eigenvalue weighted by Crippen LogP contribution is 2.29. The van der Waals surface area contributed by atoms with Crippen molar-refractivity contribution in [2.75, 3.05) is 13.2 Å². The molecule has 0 unspecified atom stereocenters. The number of nitrogens with zero attached hydrogens (tertiary/aromatic N) is 3. The fourth-order valence-corrected chi connectivity index (χ4v) is 4.35. The summed E-state index contributed by atoms with van der Waals surface area (Å²) in [6.45, 7) is 11.7. The third-order valence-corrected chi connectivity index (χ3v) is 6.18. The summed E-state index contributed by atoms with van der Waals surface area (Å²) in [6, 6.07) is 13.9. The maximum Gasteiger partial charge on any atom is 0.291 e. The standard InChI is InChI=1S/C26H29N3O3S/c1-6-14-32-20-13-8-17(15-21(20)31-7-2)16-22-24(30)29-25(33-22)27-23(28-29)18-9-11-19(12-10-18)26(3,4)5/h8-13,15-16H,6-7,14H2,1-5H3/b22-16-. The Hall–Kier alpha value is -3.19. The molecule has 0 aliphatic rings. The number of benzene rings is 2. The second kappa shape index (κ2) is 9.35. The highest BCUT2D eigenvalue weighted by molar-refractivity contribution is 7.15. The summed E-state index contributed by atoms with van der Waals surface area (Å²) in [5, 5.41) is 4.47. The third kappa shape index (κ3) is 4.93. The Morgan fingerprint density at radius 1 is 1.03 bits per heavy atom. The summed E-state index contributed by atoms with van der Waals surface area (Å²) in [4.78, 5) is 18.1. The normalized spacial score (nSPS) is 12.5. The SMILES string of the molecule is CCCOc1ccc(/C=c2\sc3nc(-c4ccc(C(C)(C)C)cc4)nn3c2=O)cc1OCC. The van der Waals surface area contributed by atoms with Crippen molar-refractivity contribution in [2.45, 2.75) is 46.5 Å². The Labute approximate surface area is 197 Å². The second-order valence-corrected chi connectivity index (χ2v) is 9.87. The average molecular weight is 464 g/mol. The predicted octanol–water partition coefficient (Wildman–Crippen LogP) is 4.85. The van der Waals surface area contributed by atoms with Gasteiger partial charge in [0.05, 0.1) is 17.7 Å². The van der Waals surface area contributed by atoms with Gasteiger partial charge in [-0.15, -0.1) is 5.10 Å². The summed E-state index contributed by atoms with van der Waals surface area (Å²) in [7, 11) is 0. The Bertz CT molecular complexity index is 1370. The summed E-state index contributed by atoms with van der Waals surface area (Å²) in [5.74, 6) is 1.94. The number of thiazole rings is 1. The quantitative estimate of drug-likeness (QED) is 0.392. The van der Waals surface area contributed by atoms with Gasteiger partial charge in [-0.25, -0.2) is 0 Å². The highest BCUT2D eigenvalue weighted by atomic mass is 32.1. The molecule has 0 saturated carbocycles. The molecular weight excluding hydrogens is 434 g/mol. The van der Waals surface area contributed by atoms with Crippen molar-refractivity contribution in [1.29, 1.82) is 0 Å². The molecule has 0 fully saturated rings. The molecule has 4 aromatic rings. The number of hydrogen-bond donors (Lipinski definition) is 0. The molecule has 0 spiro atoms. The van der Waals surface area contributed by atoms with Crippen LogP contribution >= 0.6 is 11.3 Å². The van der Waals surface area contributed by atoms with E-state index in [1.54, 1.807) is 0 Å². The maximum absolute atomic E-state index is 13.0. The summed E-state index contributed by atoms with van der Waals surface area (Å²) in [6.07, 6.45) is 2.76. The van der Waals surface area contributed by atoms with Crippen LogP contribution in [0.3, 0.4) is 0 Å². The van der Waals surface area contributed by atoms with Gasteiger partial charge in [0, 0.05) is 5.56 Å². The third-order valence-electron chi connectivity index (χ3n) is 5.22. The molecule has 0 aliphatic carbocycles. The minimum absolute atomic E-state index is 0.0792. The lowest BCUT2D eigenvalue weighted by Gasteiger charge is -2.18. The van der Waals surface area contributed by atoms with E-state index in [4.69, 9.17) is 9.47 Å². The van der Waals surface area contributed by atoms with E-state index >= 15 is 0 Å². The molecule has 6 nitrogen and oxygen atoms in total. The van der Waals surface area contributed by atoms with Gasteiger partial charge in [-0.2, -0.15) is 9.50 Å². The van der Waals surface area contributed by atoms with E-state index in [0.717, 1.165) is 17.5 Å². The van der Waals surface area contributed by atoms with Crippen LogP contribution in [0.15, 0.2) is 47.3 Å². The van der Waals surface area contributed by atoms with Gasteiger partial charge >= 0.3 is 0 Å². The predicted molar refractivity (Wildman–Crippen MR) is 133 cm³/mol. The number of rotatable bonds is 7. The molecule has 2 aromatic heterocycles. The Balaban J connectivity index is 1.66. The van der Waals surface area contributed by atoms with Crippen molar-refractivity contribution in [3.8, 4) is 22.9 Å². The molecule has 0 bridgehead atoms. The monoisotopic (exact) mass is 463 g/mol. The van der Waals surface area contributed by atoms with Crippen LogP contribution in [0.1, 0.15) is 52.2 Å². The lowest BCUT2D eigenvalue weighted by atomic mass is 9.87. The van der Waals surface area contributed by atoms with E-state index in [-0.39, 0.29) is 11.0 Å². The van der Waals surface area contributed by atoms with Gasteiger partial charge in [-0.1, -0.05) is 69.4 Å². The zero-order valence-electron chi connectivity index (χ0n) is 19.7. The van der Waals surface area contributed by atoms with Gasteiger partial charge in [0.2, 0.25) is 4.96 Å². The van der Waals surface area contributed by atoms with Gasteiger partial charge in [0.25, 0.3) is 5.56 Å². The van der Waals surface area contributed by atoms with Crippen LogP contribution in [0.5, 0.6) is 11.5 Å². The summed E-state index contributed by atoms with van der Waals surface area (Å²) >= 11 is 1.33. The van der Waals surface area contributed by atoms with E-state index in [9.17, 15) is 4.79 Å². The first-order valence-corrected chi connectivity index (χ1v) is 12.0. The second-order valence-electron chi connectivity index (χ2n) is 8.86.